The van der Waals surface area contributed by atoms with E-state index in [2.05, 4.69) is 0 Å². The molecule has 1 aromatic carbocycles. The van der Waals surface area contributed by atoms with Gasteiger partial charge in [-0.2, -0.15) is 0 Å². The molecule has 3 heteroatoms. The lowest BCUT2D eigenvalue weighted by atomic mass is 10.0. The highest BCUT2D eigenvalue weighted by molar-refractivity contribution is 5.31. The Kier molecular flexibility index (Phi) is 4.18. The van der Waals surface area contributed by atoms with Crippen LogP contribution < -0.4 is 0 Å². The van der Waals surface area contributed by atoms with Gasteiger partial charge in [0.25, 0.3) is 0 Å². The number of rotatable bonds is 5. The van der Waals surface area contributed by atoms with Gasteiger partial charge in [-0.05, 0) is 30.5 Å². The van der Waals surface area contributed by atoms with Gasteiger partial charge in [0, 0.05) is 12.7 Å². The summed E-state index contributed by atoms with van der Waals surface area (Å²) in [5.74, 6) is 0.806. The number of aryl methyl sites for hydroxylation is 1. The van der Waals surface area contributed by atoms with E-state index in [4.69, 9.17) is 9.15 Å². The lowest BCUT2D eigenvalue weighted by molar-refractivity contribution is 0.202. The topological polar surface area (TPSA) is 42.6 Å². The quantitative estimate of drug-likeness (QED) is 0.882. The molecule has 1 heterocycles. The van der Waals surface area contributed by atoms with E-state index in [9.17, 15) is 5.11 Å². The van der Waals surface area contributed by atoms with Crippen molar-refractivity contribution in [3.8, 4) is 0 Å². The number of hydrogen-bond donors (Lipinski definition) is 1. The number of benzene rings is 1. The normalized spacial score (nSPS) is 12.6. The molecule has 1 aromatic heterocycles. The average Bonchev–Trinajstić information content (AvgIpc) is 2.83. The molecule has 2 rings (SSSR count). The van der Waals surface area contributed by atoms with Crippen LogP contribution in [0, 0.1) is 6.92 Å². The highest BCUT2D eigenvalue weighted by Crippen LogP contribution is 2.23. The maximum absolute atomic E-state index is 10.2. The molecule has 0 aliphatic rings. The van der Waals surface area contributed by atoms with Crippen LogP contribution in [-0.4, -0.2) is 18.8 Å². The molecule has 0 aliphatic carbocycles. The van der Waals surface area contributed by atoms with Gasteiger partial charge in [0.05, 0.1) is 12.9 Å². The van der Waals surface area contributed by atoms with Crippen LogP contribution in [-0.2, 0) is 11.2 Å². The summed E-state index contributed by atoms with van der Waals surface area (Å²) < 4.78 is 10.2. The Balaban J connectivity index is 2.09. The van der Waals surface area contributed by atoms with E-state index < -0.39 is 6.10 Å². The fourth-order valence-electron chi connectivity index (χ4n) is 1.89. The summed E-state index contributed by atoms with van der Waals surface area (Å²) in [6.45, 7) is 2.58. The average molecular weight is 246 g/mol. The van der Waals surface area contributed by atoms with E-state index in [1.54, 1.807) is 13.4 Å². The fraction of sp³-hybridized carbons (Fsp3) is 0.333. The van der Waals surface area contributed by atoms with Gasteiger partial charge in [-0.15, -0.1) is 0 Å². The van der Waals surface area contributed by atoms with Gasteiger partial charge in [-0.1, -0.05) is 24.3 Å². The zero-order valence-electron chi connectivity index (χ0n) is 10.7. The Hall–Kier alpha value is -1.58. The van der Waals surface area contributed by atoms with Gasteiger partial charge in [-0.3, -0.25) is 0 Å². The Morgan fingerprint density at radius 2 is 1.94 bits per heavy atom. The minimum absolute atomic E-state index is 0.626. The predicted octanol–water partition coefficient (Wildman–Crippen LogP) is 2.86. The van der Waals surface area contributed by atoms with Crippen molar-refractivity contribution in [2.24, 2.45) is 0 Å². The zero-order chi connectivity index (χ0) is 13.0. The first-order valence-electron chi connectivity index (χ1n) is 6.01. The van der Waals surface area contributed by atoms with Gasteiger partial charge in [-0.25, -0.2) is 0 Å². The van der Waals surface area contributed by atoms with Crippen molar-refractivity contribution in [1.82, 2.24) is 0 Å². The monoisotopic (exact) mass is 246 g/mol. The molecular formula is C15H18O3. The first-order chi connectivity index (χ1) is 8.70. The number of methoxy groups -OCH3 is 1. The Morgan fingerprint density at radius 1 is 1.22 bits per heavy atom. The van der Waals surface area contributed by atoms with E-state index in [1.807, 2.05) is 37.3 Å². The van der Waals surface area contributed by atoms with Crippen molar-refractivity contribution in [1.29, 1.82) is 0 Å². The number of aliphatic hydroxyl groups excluding tert-OH is 1. The molecule has 1 unspecified atom stereocenters. The molecule has 0 saturated carbocycles. The number of ether oxygens (including phenoxy) is 1. The molecule has 18 heavy (non-hydrogen) atoms. The van der Waals surface area contributed by atoms with Crippen LogP contribution in [0.5, 0.6) is 0 Å². The first kappa shape index (κ1) is 12.9. The van der Waals surface area contributed by atoms with Crippen molar-refractivity contribution in [3.05, 3.63) is 59.0 Å². The summed E-state index contributed by atoms with van der Waals surface area (Å²) in [5.41, 5.74) is 2.87. The summed E-state index contributed by atoms with van der Waals surface area (Å²) >= 11 is 0. The van der Waals surface area contributed by atoms with Crippen LogP contribution in [0.25, 0.3) is 0 Å². The van der Waals surface area contributed by atoms with Crippen LogP contribution in [0.15, 0.2) is 41.0 Å². The second kappa shape index (κ2) is 5.85. The Bertz CT molecular complexity index is 485. The fourth-order valence-corrected chi connectivity index (χ4v) is 1.89. The SMILES string of the molecule is COCCc1ccc(C(O)c2coc(C)c2)cc1. The third-order valence-corrected chi connectivity index (χ3v) is 2.96. The molecule has 0 fully saturated rings. The van der Waals surface area contributed by atoms with Crippen LogP contribution in [0.1, 0.15) is 28.6 Å². The minimum Gasteiger partial charge on any atom is -0.469 e. The van der Waals surface area contributed by atoms with Crippen LogP contribution >= 0.6 is 0 Å². The summed E-state index contributed by atoms with van der Waals surface area (Å²) in [6.07, 6.45) is 1.86. The van der Waals surface area contributed by atoms with E-state index in [0.717, 1.165) is 23.3 Å². The highest BCUT2D eigenvalue weighted by atomic mass is 16.5. The largest absolute Gasteiger partial charge is 0.469 e. The molecule has 0 radical (unpaired) electrons. The zero-order valence-corrected chi connectivity index (χ0v) is 10.7. The maximum Gasteiger partial charge on any atom is 0.107 e. The molecular weight excluding hydrogens is 228 g/mol. The number of hydrogen-bond acceptors (Lipinski definition) is 3. The van der Waals surface area contributed by atoms with E-state index >= 15 is 0 Å². The van der Waals surface area contributed by atoms with Crippen LogP contribution in [0.2, 0.25) is 0 Å². The molecule has 0 amide bonds. The lowest BCUT2D eigenvalue weighted by Gasteiger charge is -2.09. The predicted molar refractivity (Wildman–Crippen MR) is 69.5 cm³/mol. The van der Waals surface area contributed by atoms with E-state index in [-0.39, 0.29) is 0 Å². The maximum atomic E-state index is 10.2. The molecule has 0 spiro atoms. The standard InChI is InChI=1S/C15H18O3/c1-11-9-14(10-18-11)15(16)13-5-3-12(4-6-13)7-8-17-2/h3-6,9-10,15-16H,7-8H2,1-2H3. The lowest BCUT2D eigenvalue weighted by Crippen LogP contribution is -1.99. The van der Waals surface area contributed by atoms with Gasteiger partial charge in [0.1, 0.15) is 11.9 Å². The molecule has 0 aliphatic heterocycles. The summed E-state index contributed by atoms with van der Waals surface area (Å²) in [5, 5.41) is 10.2. The molecule has 96 valence electrons. The number of aliphatic hydroxyl groups is 1. The minimum atomic E-state index is -0.626. The molecule has 3 nitrogen and oxygen atoms in total. The van der Waals surface area contributed by atoms with Gasteiger partial charge >= 0.3 is 0 Å². The molecule has 0 saturated heterocycles. The second-order valence-electron chi connectivity index (χ2n) is 4.38. The summed E-state index contributed by atoms with van der Waals surface area (Å²) in [6, 6.07) is 9.77. The molecule has 1 N–H and O–H groups in total. The van der Waals surface area contributed by atoms with Crippen molar-refractivity contribution in [3.63, 3.8) is 0 Å². The van der Waals surface area contributed by atoms with E-state index in [1.165, 1.54) is 5.56 Å². The third-order valence-electron chi connectivity index (χ3n) is 2.96. The highest BCUT2D eigenvalue weighted by Gasteiger charge is 2.12. The summed E-state index contributed by atoms with van der Waals surface area (Å²) in [4.78, 5) is 0. The van der Waals surface area contributed by atoms with Crippen molar-refractivity contribution >= 4 is 0 Å². The smallest absolute Gasteiger partial charge is 0.107 e. The van der Waals surface area contributed by atoms with Gasteiger partial charge in [0.15, 0.2) is 0 Å². The number of furan rings is 1. The van der Waals surface area contributed by atoms with Crippen LogP contribution in [0.4, 0.5) is 0 Å². The van der Waals surface area contributed by atoms with E-state index in [0.29, 0.717) is 6.61 Å². The third kappa shape index (κ3) is 3.00. The second-order valence-corrected chi connectivity index (χ2v) is 4.38. The molecule has 2 aromatic rings. The van der Waals surface area contributed by atoms with Gasteiger partial charge in [0.2, 0.25) is 0 Å². The van der Waals surface area contributed by atoms with Crippen molar-refractivity contribution in [2.45, 2.75) is 19.4 Å². The molecule has 1 atom stereocenters. The van der Waals surface area contributed by atoms with Crippen molar-refractivity contribution in [2.75, 3.05) is 13.7 Å². The first-order valence-corrected chi connectivity index (χ1v) is 6.01. The van der Waals surface area contributed by atoms with Crippen molar-refractivity contribution < 1.29 is 14.3 Å². The Morgan fingerprint density at radius 3 is 2.50 bits per heavy atom. The Labute approximate surface area is 107 Å². The van der Waals surface area contributed by atoms with Crippen LogP contribution in [0.3, 0.4) is 0 Å². The molecule has 0 bridgehead atoms. The summed E-state index contributed by atoms with van der Waals surface area (Å²) in [7, 11) is 1.69. The van der Waals surface area contributed by atoms with Gasteiger partial charge < -0.3 is 14.3 Å².